The van der Waals surface area contributed by atoms with Gasteiger partial charge in [0.25, 0.3) is 0 Å². The zero-order chi connectivity index (χ0) is 12.8. The molecule has 0 radical (unpaired) electrons. The quantitative estimate of drug-likeness (QED) is 0.290. The topological polar surface area (TPSA) is 0 Å². The molecule has 0 aromatic carbocycles. The highest BCUT2D eigenvalue weighted by molar-refractivity contribution is 6.81. The Hall–Kier alpha value is -0.0431. The number of hydrogen-bond acceptors (Lipinski definition) is 0. The molecule has 0 aliphatic heterocycles. The lowest BCUT2D eigenvalue weighted by Crippen LogP contribution is -2.41. The van der Waals surface area contributed by atoms with Crippen molar-refractivity contribution < 1.29 is 0 Å². The van der Waals surface area contributed by atoms with Gasteiger partial charge in [0.1, 0.15) is 0 Å². The summed E-state index contributed by atoms with van der Waals surface area (Å²) in [4.78, 5) is 0. The van der Waals surface area contributed by atoms with Gasteiger partial charge in [-0.1, -0.05) is 72.5 Å². The van der Waals surface area contributed by atoms with Gasteiger partial charge in [-0.3, -0.25) is 0 Å². The maximum atomic E-state index is 4.07. The summed E-state index contributed by atoms with van der Waals surface area (Å²) in [6, 6.07) is 0. The first-order valence-electron chi connectivity index (χ1n) is 6.90. The van der Waals surface area contributed by atoms with Gasteiger partial charge < -0.3 is 0 Å². The van der Waals surface area contributed by atoms with Crippen molar-refractivity contribution in [2.45, 2.75) is 83.5 Å². The lowest BCUT2D eigenvalue weighted by molar-refractivity contribution is 0.613. The lowest BCUT2D eigenvalue weighted by atomic mass is 10.1. The normalized spacial score (nSPS) is 14.9. The molecule has 0 aromatic heterocycles. The molecule has 1 heteroatoms. The fourth-order valence-electron chi connectivity index (χ4n) is 2.12. The Balaban J connectivity index is 4.32. The van der Waals surface area contributed by atoms with Crippen LogP contribution in [0.4, 0.5) is 0 Å². The summed E-state index contributed by atoms with van der Waals surface area (Å²) in [5, 5.41) is 0.483. The van der Waals surface area contributed by atoms with Crippen molar-refractivity contribution in [3.8, 4) is 0 Å². The summed E-state index contributed by atoms with van der Waals surface area (Å²) in [5.74, 6) is 0. The van der Waals surface area contributed by atoms with Crippen molar-refractivity contribution in [3.05, 3.63) is 12.7 Å². The second-order valence-corrected chi connectivity index (χ2v) is 12.3. The van der Waals surface area contributed by atoms with Gasteiger partial charge in [-0.25, -0.2) is 0 Å². The predicted octanol–water partition coefficient (Wildman–Crippen LogP) is 6.02. The van der Waals surface area contributed by atoms with Crippen LogP contribution in [0.25, 0.3) is 0 Å². The SMILES string of the molecule is C=C[C@H](CCCCCC)[Si](C)(C)C(C)(C)C. The average Bonchev–Trinajstić information content (AvgIpc) is 2.16. The molecule has 0 aromatic rings. The molecule has 0 unspecified atom stereocenters. The molecule has 0 saturated heterocycles. The Labute approximate surface area is 105 Å². The first-order valence-corrected chi connectivity index (χ1v) is 9.97. The van der Waals surface area contributed by atoms with Crippen LogP contribution in [0.2, 0.25) is 23.7 Å². The summed E-state index contributed by atoms with van der Waals surface area (Å²) < 4.78 is 0. The molecule has 1 atom stereocenters. The molecular weight excluding hydrogens is 208 g/mol. The summed E-state index contributed by atoms with van der Waals surface area (Å²) in [6.07, 6.45) is 9.11. The Morgan fingerprint density at radius 1 is 1.12 bits per heavy atom. The maximum absolute atomic E-state index is 4.07. The number of rotatable bonds is 7. The molecule has 0 rings (SSSR count). The summed E-state index contributed by atoms with van der Waals surface area (Å²) >= 11 is 0. The van der Waals surface area contributed by atoms with Crippen molar-refractivity contribution in [3.63, 3.8) is 0 Å². The zero-order valence-corrected chi connectivity index (χ0v) is 13.4. The Kier molecular flexibility index (Phi) is 6.62. The van der Waals surface area contributed by atoms with Gasteiger partial charge in [0, 0.05) is 0 Å². The van der Waals surface area contributed by atoms with Crippen LogP contribution >= 0.6 is 0 Å². The number of hydrogen-bond donors (Lipinski definition) is 0. The third-order valence-electron chi connectivity index (χ3n) is 4.51. The van der Waals surface area contributed by atoms with E-state index in [4.69, 9.17) is 0 Å². The van der Waals surface area contributed by atoms with Crippen LogP contribution in [0, 0.1) is 0 Å². The van der Waals surface area contributed by atoms with Gasteiger partial charge in [-0.2, -0.15) is 0 Å². The smallest absolute Gasteiger partial charge is 0.0596 e. The molecule has 0 amide bonds. The number of unbranched alkanes of at least 4 members (excludes halogenated alkanes) is 3. The van der Waals surface area contributed by atoms with Crippen molar-refractivity contribution in [1.29, 1.82) is 0 Å². The summed E-state index contributed by atoms with van der Waals surface area (Å²) in [7, 11) is -1.21. The molecule has 0 aliphatic rings. The van der Waals surface area contributed by atoms with E-state index in [0.717, 1.165) is 5.54 Å². The Bertz CT molecular complexity index is 198. The molecule has 0 nitrogen and oxygen atoms in total. The Morgan fingerprint density at radius 3 is 2.06 bits per heavy atom. The van der Waals surface area contributed by atoms with Crippen molar-refractivity contribution >= 4 is 8.07 Å². The zero-order valence-electron chi connectivity index (χ0n) is 12.4. The highest BCUT2D eigenvalue weighted by atomic mass is 28.3. The summed E-state index contributed by atoms with van der Waals surface area (Å²) in [6.45, 7) is 18.6. The molecule has 0 spiro atoms. The van der Waals surface area contributed by atoms with E-state index in [9.17, 15) is 0 Å². The highest BCUT2D eigenvalue weighted by Gasteiger charge is 2.40. The molecule has 16 heavy (non-hydrogen) atoms. The third kappa shape index (κ3) is 4.45. The maximum Gasteiger partial charge on any atom is 0.0596 e. The standard InChI is InChI=1S/C15H32Si/c1-8-10-11-12-13-14(9-2)16(6,7)15(3,4)5/h9,14H,2,8,10-13H2,1,3-7H3/t14-/m1/s1. The first kappa shape index (κ1) is 16.0. The first-order chi connectivity index (χ1) is 7.27. The Morgan fingerprint density at radius 2 is 1.69 bits per heavy atom. The van der Waals surface area contributed by atoms with E-state index < -0.39 is 8.07 Å². The van der Waals surface area contributed by atoms with Gasteiger partial charge in [0.05, 0.1) is 8.07 Å². The monoisotopic (exact) mass is 240 g/mol. The van der Waals surface area contributed by atoms with Crippen LogP contribution in [0.1, 0.15) is 59.8 Å². The second kappa shape index (κ2) is 6.63. The highest BCUT2D eigenvalue weighted by Crippen LogP contribution is 2.45. The summed E-state index contributed by atoms with van der Waals surface area (Å²) in [5.41, 5.74) is 0.782. The minimum absolute atomic E-state index is 0.483. The molecule has 0 heterocycles. The van der Waals surface area contributed by atoms with Crippen LogP contribution in [-0.2, 0) is 0 Å². The van der Waals surface area contributed by atoms with Crippen LogP contribution < -0.4 is 0 Å². The van der Waals surface area contributed by atoms with E-state index in [1.165, 1.54) is 32.1 Å². The minimum atomic E-state index is -1.21. The third-order valence-corrected chi connectivity index (χ3v) is 10.8. The molecule has 0 N–H and O–H groups in total. The fourth-order valence-corrected chi connectivity index (χ4v) is 4.75. The lowest BCUT2D eigenvalue weighted by Gasteiger charge is -2.42. The largest absolute Gasteiger partial charge is 0.103 e. The van der Waals surface area contributed by atoms with E-state index in [2.05, 4.69) is 53.4 Å². The van der Waals surface area contributed by atoms with Gasteiger partial charge in [0.2, 0.25) is 0 Å². The van der Waals surface area contributed by atoms with E-state index in [1.54, 1.807) is 0 Å². The number of allylic oxidation sites excluding steroid dienone is 1. The van der Waals surface area contributed by atoms with Gasteiger partial charge in [0.15, 0.2) is 0 Å². The van der Waals surface area contributed by atoms with Crippen molar-refractivity contribution in [1.82, 2.24) is 0 Å². The van der Waals surface area contributed by atoms with E-state index in [1.807, 2.05) is 0 Å². The van der Waals surface area contributed by atoms with Gasteiger partial charge in [-0.15, -0.1) is 6.58 Å². The van der Waals surface area contributed by atoms with Crippen LogP contribution in [-0.4, -0.2) is 8.07 Å². The van der Waals surface area contributed by atoms with Crippen molar-refractivity contribution in [2.24, 2.45) is 0 Å². The van der Waals surface area contributed by atoms with E-state index >= 15 is 0 Å². The second-order valence-electron chi connectivity index (χ2n) is 6.66. The van der Waals surface area contributed by atoms with E-state index in [-0.39, 0.29) is 0 Å². The predicted molar refractivity (Wildman–Crippen MR) is 79.9 cm³/mol. The molecule has 0 aliphatic carbocycles. The minimum Gasteiger partial charge on any atom is -0.103 e. The van der Waals surface area contributed by atoms with Crippen molar-refractivity contribution in [2.75, 3.05) is 0 Å². The van der Waals surface area contributed by atoms with Gasteiger partial charge in [-0.05, 0) is 17.0 Å². The van der Waals surface area contributed by atoms with Crippen LogP contribution in [0.5, 0.6) is 0 Å². The molecular formula is C15H32Si. The molecule has 0 bridgehead atoms. The van der Waals surface area contributed by atoms with Crippen LogP contribution in [0.15, 0.2) is 12.7 Å². The fraction of sp³-hybridized carbons (Fsp3) is 0.867. The molecule has 96 valence electrons. The van der Waals surface area contributed by atoms with E-state index in [0.29, 0.717) is 5.04 Å². The van der Waals surface area contributed by atoms with Crippen LogP contribution in [0.3, 0.4) is 0 Å². The van der Waals surface area contributed by atoms with Gasteiger partial charge >= 0.3 is 0 Å². The average molecular weight is 241 g/mol. The molecule has 0 saturated carbocycles. The molecule has 0 fully saturated rings.